The lowest BCUT2D eigenvalue weighted by Gasteiger charge is -2.28. The molecule has 0 saturated carbocycles. The molecule has 1 fully saturated rings. The van der Waals surface area contributed by atoms with Crippen LogP contribution in [0.2, 0.25) is 0 Å². The zero-order valence-electron chi connectivity index (χ0n) is 10.3. The summed E-state index contributed by atoms with van der Waals surface area (Å²) in [6.07, 6.45) is 4.02. The first kappa shape index (κ1) is 12.5. The molecule has 0 N–H and O–H groups in total. The number of likely N-dealkylation sites (N-methyl/N-ethyl adjacent to an activating group) is 1. The van der Waals surface area contributed by atoms with Crippen molar-refractivity contribution in [1.82, 2.24) is 9.88 Å². The number of aromatic nitrogens is 1. The van der Waals surface area contributed by atoms with Crippen molar-refractivity contribution in [2.75, 3.05) is 26.7 Å². The van der Waals surface area contributed by atoms with Gasteiger partial charge in [-0.25, -0.2) is 9.78 Å². The van der Waals surface area contributed by atoms with Gasteiger partial charge in [0.05, 0.1) is 17.8 Å². The lowest BCUT2D eigenvalue weighted by molar-refractivity contribution is 0.0532. The van der Waals surface area contributed by atoms with Crippen LogP contribution in [0.15, 0.2) is 6.20 Å². The molecule has 1 aromatic rings. The predicted molar refractivity (Wildman–Crippen MR) is 67.5 cm³/mol. The van der Waals surface area contributed by atoms with E-state index in [4.69, 9.17) is 4.74 Å². The molecule has 1 aromatic heterocycles. The van der Waals surface area contributed by atoms with Gasteiger partial charge in [0.15, 0.2) is 0 Å². The molecule has 2 heterocycles. The van der Waals surface area contributed by atoms with Gasteiger partial charge in [0, 0.05) is 12.5 Å². The van der Waals surface area contributed by atoms with E-state index >= 15 is 0 Å². The van der Waals surface area contributed by atoms with Crippen molar-refractivity contribution in [3.05, 3.63) is 16.1 Å². The number of carbonyl (C=O) groups is 1. The van der Waals surface area contributed by atoms with Gasteiger partial charge in [-0.05, 0) is 33.4 Å². The first-order valence-electron chi connectivity index (χ1n) is 6.02. The summed E-state index contributed by atoms with van der Waals surface area (Å²) in [7, 11) is 2.13. The second-order valence-corrected chi connectivity index (χ2v) is 5.45. The molecule has 0 spiro atoms. The summed E-state index contributed by atoms with van der Waals surface area (Å²) in [5.74, 6) is 0.224. The van der Waals surface area contributed by atoms with Gasteiger partial charge in [-0.15, -0.1) is 11.3 Å². The van der Waals surface area contributed by atoms with Crippen molar-refractivity contribution in [3.8, 4) is 0 Å². The fourth-order valence-corrected chi connectivity index (χ4v) is 3.08. The average molecular weight is 254 g/mol. The number of hydrogen-bond acceptors (Lipinski definition) is 5. The number of nitrogens with zero attached hydrogens (tertiary/aromatic N) is 2. The van der Waals surface area contributed by atoms with Gasteiger partial charge in [-0.2, -0.15) is 0 Å². The Kier molecular flexibility index (Phi) is 4.12. The fraction of sp³-hybridized carbons (Fsp3) is 0.667. The van der Waals surface area contributed by atoms with E-state index in [2.05, 4.69) is 16.9 Å². The van der Waals surface area contributed by atoms with E-state index in [0.29, 0.717) is 17.4 Å². The van der Waals surface area contributed by atoms with Crippen LogP contribution >= 0.6 is 11.3 Å². The molecule has 4 nitrogen and oxygen atoms in total. The summed E-state index contributed by atoms with van der Waals surface area (Å²) in [6.45, 7) is 4.43. The van der Waals surface area contributed by atoms with Crippen molar-refractivity contribution >= 4 is 17.3 Å². The highest BCUT2D eigenvalue weighted by Crippen LogP contribution is 2.29. The van der Waals surface area contributed by atoms with E-state index in [9.17, 15) is 4.79 Å². The molecule has 1 aliphatic rings. The Labute approximate surface area is 106 Å². The van der Waals surface area contributed by atoms with E-state index < -0.39 is 0 Å². The molecule has 1 unspecified atom stereocenters. The van der Waals surface area contributed by atoms with Crippen LogP contribution in [0.25, 0.3) is 0 Å². The van der Waals surface area contributed by atoms with Crippen molar-refractivity contribution < 1.29 is 9.53 Å². The second-order valence-electron chi connectivity index (χ2n) is 4.38. The molecule has 0 amide bonds. The van der Waals surface area contributed by atoms with E-state index in [1.54, 1.807) is 6.20 Å². The molecule has 2 rings (SSSR count). The van der Waals surface area contributed by atoms with Crippen molar-refractivity contribution in [1.29, 1.82) is 0 Å². The normalized spacial score (nSPS) is 21.4. The van der Waals surface area contributed by atoms with Gasteiger partial charge in [0.2, 0.25) is 0 Å². The summed E-state index contributed by atoms with van der Waals surface area (Å²) in [4.78, 5) is 18.9. The van der Waals surface area contributed by atoms with Crippen LogP contribution in [0.3, 0.4) is 0 Å². The van der Waals surface area contributed by atoms with Gasteiger partial charge < -0.3 is 9.64 Å². The van der Waals surface area contributed by atoms with Crippen LogP contribution in [-0.2, 0) is 4.74 Å². The van der Waals surface area contributed by atoms with E-state index in [0.717, 1.165) is 18.1 Å². The maximum Gasteiger partial charge on any atom is 0.349 e. The lowest BCUT2D eigenvalue weighted by atomic mass is 9.99. The highest BCUT2D eigenvalue weighted by molar-refractivity contribution is 7.13. The van der Waals surface area contributed by atoms with Gasteiger partial charge in [0.1, 0.15) is 4.88 Å². The summed E-state index contributed by atoms with van der Waals surface area (Å²) in [5, 5.41) is 1.07. The minimum absolute atomic E-state index is 0.250. The maximum atomic E-state index is 11.5. The first-order chi connectivity index (χ1) is 8.20. The molecule has 0 aliphatic carbocycles. The number of carbonyl (C=O) groups excluding carboxylic acids is 1. The Morgan fingerprint density at radius 3 is 3.24 bits per heavy atom. The predicted octanol–water partition coefficient (Wildman–Crippen LogP) is 2.13. The number of ether oxygens (including phenoxy) is 1. The van der Waals surface area contributed by atoms with Crippen LogP contribution < -0.4 is 0 Å². The molecule has 1 atom stereocenters. The Morgan fingerprint density at radius 1 is 1.71 bits per heavy atom. The first-order valence-corrected chi connectivity index (χ1v) is 6.83. The van der Waals surface area contributed by atoms with Gasteiger partial charge in [-0.3, -0.25) is 0 Å². The molecule has 94 valence electrons. The minimum atomic E-state index is -0.250. The monoisotopic (exact) mass is 254 g/mol. The van der Waals surface area contributed by atoms with Crippen molar-refractivity contribution in [3.63, 3.8) is 0 Å². The largest absolute Gasteiger partial charge is 0.462 e. The van der Waals surface area contributed by atoms with Gasteiger partial charge >= 0.3 is 5.97 Å². The van der Waals surface area contributed by atoms with Crippen LogP contribution in [0.4, 0.5) is 0 Å². The van der Waals surface area contributed by atoms with Gasteiger partial charge in [0.25, 0.3) is 0 Å². The van der Waals surface area contributed by atoms with Crippen molar-refractivity contribution in [2.24, 2.45) is 0 Å². The van der Waals surface area contributed by atoms with Crippen LogP contribution in [-0.4, -0.2) is 42.6 Å². The Hall–Kier alpha value is -0.940. The molecule has 0 aromatic carbocycles. The zero-order valence-corrected chi connectivity index (χ0v) is 11.1. The van der Waals surface area contributed by atoms with E-state index in [-0.39, 0.29) is 5.97 Å². The fourth-order valence-electron chi connectivity index (χ4n) is 2.14. The highest BCUT2D eigenvalue weighted by atomic mass is 32.1. The van der Waals surface area contributed by atoms with Gasteiger partial charge in [-0.1, -0.05) is 0 Å². The molecule has 0 bridgehead atoms. The van der Waals surface area contributed by atoms with E-state index in [1.807, 2.05) is 6.92 Å². The van der Waals surface area contributed by atoms with E-state index in [1.165, 1.54) is 24.2 Å². The standard InChI is InChI=1S/C12H18N2O2S/c1-3-16-12(15)10-7-13-11(17-10)9-5-4-6-14(2)8-9/h7,9H,3-6,8H2,1-2H3. The average Bonchev–Trinajstić information content (AvgIpc) is 2.78. The van der Waals surface area contributed by atoms with Crippen LogP contribution in [0, 0.1) is 0 Å². The summed E-state index contributed by atoms with van der Waals surface area (Å²) >= 11 is 1.48. The lowest BCUT2D eigenvalue weighted by Crippen LogP contribution is -2.30. The van der Waals surface area contributed by atoms with Crippen LogP contribution in [0.5, 0.6) is 0 Å². The third kappa shape index (κ3) is 3.04. The molecule has 1 aliphatic heterocycles. The minimum Gasteiger partial charge on any atom is -0.462 e. The number of hydrogen-bond donors (Lipinski definition) is 0. The summed E-state index contributed by atoms with van der Waals surface area (Å²) < 4.78 is 4.97. The smallest absolute Gasteiger partial charge is 0.349 e. The molecule has 1 saturated heterocycles. The Morgan fingerprint density at radius 2 is 2.53 bits per heavy atom. The Balaban J connectivity index is 2.04. The number of likely N-dealkylation sites (tertiary alicyclic amines) is 1. The van der Waals surface area contributed by atoms with Crippen molar-refractivity contribution in [2.45, 2.75) is 25.7 Å². The molecule has 5 heteroatoms. The SMILES string of the molecule is CCOC(=O)c1cnc(C2CCCN(C)C2)s1. The number of rotatable bonds is 3. The quantitative estimate of drug-likeness (QED) is 0.775. The number of esters is 1. The molecule has 17 heavy (non-hydrogen) atoms. The summed E-state index contributed by atoms with van der Waals surface area (Å²) in [6, 6.07) is 0. The third-order valence-electron chi connectivity index (χ3n) is 2.97. The maximum absolute atomic E-state index is 11.5. The number of piperidine rings is 1. The Bertz CT molecular complexity index is 392. The molecular formula is C12H18N2O2S. The third-order valence-corrected chi connectivity index (χ3v) is 4.11. The zero-order chi connectivity index (χ0) is 12.3. The molecular weight excluding hydrogens is 236 g/mol. The molecule has 0 radical (unpaired) electrons. The topological polar surface area (TPSA) is 42.4 Å². The second kappa shape index (κ2) is 5.60. The highest BCUT2D eigenvalue weighted by Gasteiger charge is 2.23. The number of thiazole rings is 1. The summed E-state index contributed by atoms with van der Waals surface area (Å²) in [5.41, 5.74) is 0. The van der Waals surface area contributed by atoms with Crippen LogP contribution in [0.1, 0.15) is 40.4 Å².